The van der Waals surface area contributed by atoms with Crippen molar-refractivity contribution in [3.63, 3.8) is 0 Å². The van der Waals surface area contributed by atoms with Crippen molar-refractivity contribution in [2.75, 3.05) is 0 Å². The van der Waals surface area contributed by atoms with Crippen molar-refractivity contribution in [2.45, 2.75) is 0 Å². The average Bonchev–Trinajstić information content (AvgIpc) is 3.00. The van der Waals surface area contributed by atoms with Gasteiger partial charge in [0.25, 0.3) is 0 Å². The molecule has 130 valence electrons. The van der Waals surface area contributed by atoms with Crippen molar-refractivity contribution >= 4 is 50.9 Å². The van der Waals surface area contributed by atoms with Gasteiger partial charge in [0.2, 0.25) is 0 Å². The molecule has 0 radical (unpaired) electrons. The third-order valence-corrected chi connectivity index (χ3v) is 5.91. The van der Waals surface area contributed by atoms with E-state index in [2.05, 4.69) is 37.1 Å². The topological polar surface area (TPSA) is 43.6 Å². The second kappa shape index (κ2) is 7.13. The number of halogens is 4. The molecule has 0 spiro atoms. The Balaban J connectivity index is 1.99. The highest BCUT2D eigenvalue weighted by Gasteiger charge is 2.17. The van der Waals surface area contributed by atoms with Gasteiger partial charge in [-0.15, -0.1) is 0 Å². The van der Waals surface area contributed by atoms with Gasteiger partial charge < -0.3 is 0 Å². The van der Waals surface area contributed by atoms with Gasteiger partial charge in [0.05, 0.1) is 29.8 Å². The van der Waals surface area contributed by atoms with Gasteiger partial charge in [-0.2, -0.15) is 5.10 Å². The van der Waals surface area contributed by atoms with E-state index >= 15 is 0 Å². The molecule has 0 aliphatic heterocycles. The lowest BCUT2D eigenvalue weighted by molar-refractivity contribution is 0.589. The predicted molar refractivity (Wildman–Crippen MR) is 109 cm³/mol. The van der Waals surface area contributed by atoms with Crippen LogP contribution < -0.4 is 0 Å². The summed E-state index contributed by atoms with van der Waals surface area (Å²) in [6, 6.07) is 9.02. The van der Waals surface area contributed by atoms with Crippen molar-refractivity contribution in [1.82, 2.24) is 19.5 Å². The van der Waals surface area contributed by atoms with Crippen LogP contribution in [0.1, 0.15) is 0 Å². The van der Waals surface area contributed by atoms with Crippen molar-refractivity contribution < 1.29 is 8.78 Å². The molecule has 0 aliphatic carbocycles. The highest BCUT2D eigenvalue weighted by atomic mass is 127. The van der Waals surface area contributed by atoms with E-state index in [4.69, 9.17) is 11.6 Å². The van der Waals surface area contributed by atoms with Gasteiger partial charge >= 0.3 is 0 Å². The van der Waals surface area contributed by atoms with Crippen LogP contribution in [0.4, 0.5) is 8.78 Å². The summed E-state index contributed by atoms with van der Waals surface area (Å²) in [5.74, 6) is -1.23. The molecule has 0 bridgehead atoms. The first-order valence-electron chi connectivity index (χ1n) is 7.40. The van der Waals surface area contributed by atoms with Crippen LogP contribution in [0.2, 0.25) is 5.15 Å². The van der Waals surface area contributed by atoms with Crippen LogP contribution in [-0.2, 0) is 0 Å². The highest BCUT2D eigenvalue weighted by Crippen LogP contribution is 2.37. The molecule has 4 rings (SSSR count). The molecular formula is C17H9ClF2IN4P. The molecule has 2 aromatic heterocycles. The maximum atomic E-state index is 14.2. The Hall–Kier alpha value is -1.70. The Labute approximate surface area is 166 Å². The van der Waals surface area contributed by atoms with E-state index in [1.165, 1.54) is 24.4 Å². The summed E-state index contributed by atoms with van der Waals surface area (Å²) in [5.41, 5.74) is 2.28. The molecule has 26 heavy (non-hydrogen) atoms. The van der Waals surface area contributed by atoms with Crippen LogP contribution in [0.3, 0.4) is 0 Å². The van der Waals surface area contributed by atoms with E-state index in [0.717, 1.165) is 10.9 Å². The minimum atomic E-state index is -0.614. The third kappa shape index (κ3) is 3.08. The first kappa shape index (κ1) is 17.7. The molecule has 0 saturated carbocycles. The predicted octanol–water partition coefficient (Wildman–Crippen LogP) is 5.88. The van der Waals surface area contributed by atoms with Crippen LogP contribution in [0.15, 0.2) is 48.8 Å². The Morgan fingerprint density at radius 3 is 2.54 bits per heavy atom. The van der Waals surface area contributed by atoms with Gasteiger partial charge in [-0.05, 0) is 51.9 Å². The summed E-state index contributed by atoms with van der Waals surface area (Å²) in [6.45, 7) is 0. The maximum absolute atomic E-state index is 14.2. The lowest BCUT2D eigenvalue weighted by atomic mass is 10.0. The van der Waals surface area contributed by atoms with E-state index in [0.29, 0.717) is 23.3 Å². The molecule has 0 amide bonds. The average molecular weight is 501 g/mol. The van der Waals surface area contributed by atoms with E-state index in [1.807, 2.05) is 4.45 Å². The van der Waals surface area contributed by atoms with E-state index in [1.54, 1.807) is 24.4 Å². The molecule has 1 atom stereocenters. The van der Waals surface area contributed by atoms with E-state index < -0.39 is 11.6 Å². The minimum absolute atomic E-state index is 0.0674. The molecule has 4 aromatic rings. The molecule has 4 nitrogen and oxygen atoms in total. The van der Waals surface area contributed by atoms with Crippen molar-refractivity contribution in [1.29, 1.82) is 0 Å². The summed E-state index contributed by atoms with van der Waals surface area (Å²) in [6.07, 6.45) is 3.35. The fourth-order valence-electron chi connectivity index (χ4n) is 2.76. The van der Waals surface area contributed by atoms with Gasteiger partial charge in [0.1, 0.15) is 28.2 Å². The summed E-state index contributed by atoms with van der Waals surface area (Å²) in [7, 11) is 0. The van der Waals surface area contributed by atoms with Gasteiger partial charge in [0, 0.05) is 5.39 Å². The minimum Gasteiger partial charge on any atom is -0.259 e. The van der Waals surface area contributed by atoms with E-state index in [-0.39, 0.29) is 10.7 Å². The highest BCUT2D eigenvalue weighted by molar-refractivity contribution is 14.2. The standard InChI is InChI=1S/C17H9ClF2IN4P/c18-15-8-22-7-13(23-15)17-10-6-9(4-5-14(10)25(24-17)26-21)16-11(19)2-1-3-12(16)20/h1-8,26H. The van der Waals surface area contributed by atoms with E-state index in [9.17, 15) is 8.78 Å². The number of fused-ring (bicyclic) bond motifs is 1. The van der Waals surface area contributed by atoms with Crippen LogP contribution >= 0.6 is 40.0 Å². The molecule has 0 fully saturated rings. The molecule has 0 aliphatic rings. The molecule has 0 saturated heterocycles. The fraction of sp³-hybridized carbons (Fsp3) is 0. The first-order chi connectivity index (χ1) is 12.6. The van der Waals surface area contributed by atoms with Gasteiger partial charge in [-0.1, -0.05) is 23.7 Å². The zero-order valence-corrected chi connectivity index (χ0v) is 16.8. The van der Waals surface area contributed by atoms with Crippen LogP contribution in [0.25, 0.3) is 33.4 Å². The zero-order valence-electron chi connectivity index (χ0n) is 12.9. The summed E-state index contributed by atoms with van der Waals surface area (Å²) in [4.78, 5) is 8.31. The Kier molecular flexibility index (Phi) is 4.86. The number of hydrogen-bond donors (Lipinski definition) is 0. The summed E-state index contributed by atoms with van der Waals surface area (Å²) < 4.78 is 30.2. The molecule has 2 heterocycles. The Morgan fingerprint density at radius 2 is 1.85 bits per heavy atom. The third-order valence-electron chi connectivity index (χ3n) is 3.86. The van der Waals surface area contributed by atoms with Crippen molar-refractivity contribution in [3.8, 4) is 22.5 Å². The lowest BCUT2D eigenvalue weighted by Crippen LogP contribution is -1.90. The quantitative estimate of drug-likeness (QED) is 0.261. The number of benzene rings is 2. The molecule has 0 N–H and O–H groups in total. The molecule has 1 unspecified atom stereocenters. The number of rotatable bonds is 3. The summed E-state index contributed by atoms with van der Waals surface area (Å²) >= 11 is 8.17. The number of nitrogens with zero attached hydrogens (tertiary/aromatic N) is 4. The zero-order chi connectivity index (χ0) is 18.3. The largest absolute Gasteiger partial charge is 0.259 e. The fourth-order valence-corrected chi connectivity index (χ4v) is 4.43. The Bertz CT molecular complexity index is 1110. The van der Waals surface area contributed by atoms with Crippen molar-refractivity contribution in [3.05, 3.63) is 65.6 Å². The van der Waals surface area contributed by atoms with Crippen molar-refractivity contribution in [2.24, 2.45) is 0 Å². The molecule has 9 heteroatoms. The molecule has 2 aromatic carbocycles. The molecular weight excluding hydrogens is 492 g/mol. The first-order valence-corrected chi connectivity index (χ1v) is 11.8. The number of hydrogen-bond acceptors (Lipinski definition) is 3. The second-order valence-electron chi connectivity index (χ2n) is 5.40. The van der Waals surface area contributed by atoms with Gasteiger partial charge in [0.15, 0.2) is 0 Å². The van der Waals surface area contributed by atoms with Gasteiger partial charge in [-0.25, -0.2) is 18.2 Å². The van der Waals surface area contributed by atoms with Crippen LogP contribution in [0, 0.1) is 11.6 Å². The monoisotopic (exact) mass is 500 g/mol. The maximum Gasteiger partial charge on any atom is 0.148 e. The van der Waals surface area contributed by atoms with Crippen LogP contribution in [0.5, 0.6) is 0 Å². The number of aromatic nitrogens is 4. The summed E-state index contributed by atoms with van der Waals surface area (Å²) in [5, 5.41) is 5.55. The SMILES string of the molecule is Fc1cccc(F)c1-c1ccc2c(c1)c(-c1cncc(Cl)n1)nn2PI. The normalized spacial score (nSPS) is 11.7. The second-order valence-corrected chi connectivity index (χ2v) is 7.83. The lowest BCUT2D eigenvalue weighted by Gasteiger charge is -2.06. The van der Waals surface area contributed by atoms with Gasteiger partial charge in [-0.3, -0.25) is 4.98 Å². The smallest absolute Gasteiger partial charge is 0.148 e. The Morgan fingerprint density at radius 1 is 1.08 bits per heavy atom. The van der Waals surface area contributed by atoms with Crippen LogP contribution in [-0.4, -0.2) is 19.5 Å².